The van der Waals surface area contributed by atoms with Crippen LogP contribution in [0.15, 0.2) is 30.3 Å². The van der Waals surface area contributed by atoms with E-state index in [4.69, 9.17) is 0 Å². The van der Waals surface area contributed by atoms with Crippen LogP contribution in [0, 0.1) is 0 Å². The number of carbonyl (C=O) groups is 2. The van der Waals surface area contributed by atoms with Gasteiger partial charge in [0.1, 0.15) is 0 Å². The van der Waals surface area contributed by atoms with Crippen molar-refractivity contribution in [1.82, 2.24) is 10.2 Å². The van der Waals surface area contributed by atoms with Crippen LogP contribution in [-0.2, 0) is 9.59 Å². The first-order chi connectivity index (χ1) is 9.40. The second kappa shape index (κ2) is 7.65. The van der Waals surface area contributed by atoms with Gasteiger partial charge in [0.25, 0.3) is 0 Å². The number of amides is 1. The maximum atomic E-state index is 11.7. The van der Waals surface area contributed by atoms with Crippen LogP contribution in [0.4, 0.5) is 0 Å². The molecule has 0 aromatic heterocycles. The van der Waals surface area contributed by atoms with Crippen LogP contribution in [0.1, 0.15) is 25.3 Å². The van der Waals surface area contributed by atoms with Gasteiger partial charge in [-0.15, -0.1) is 0 Å². The number of nitrogens with zero attached hydrogens (tertiary/aromatic N) is 1. The van der Waals surface area contributed by atoms with Crippen molar-refractivity contribution >= 4 is 11.9 Å². The van der Waals surface area contributed by atoms with Crippen molar-refractivity contribution in [1.29, 1.82) is 0 Å². The highest BCUT2D eigenvalue weighted by Gasteiger charge is 2.22. The Morgan fingerprint density at radius 3 is 2.35 bits per heavy atom. The first kappa shape index (κ1) is 16.2. The van der Waals surface area contributed by atoms with E-state index >= 15 is 0 Å². The Labute approximate surface area is 119 Å². The maximum absolute atomic E-state index is 11.7. The summed E-state index contributed by atoms with van der Waals surface area (Å²) in [5, 5.41) is 12.1. The van der Waals surface area contributed by atoms with E-state index in [1.807, 2.05) is 32.0 Å². The highest BCUT2D eigenvalue weighted by molar-refractivity contribution is 5.79. The monoisotopic (exact) mass is 278 g/mol. The Morgan fingerprint density at radius 2 is 1.85 bits per heavy atom. The third kappa shape index (κ3) is 5.40. The summed E-state index contributed by atoms with van der Waals surface area (Å²) < 4.78 is 0. The largest absolute Gasteiger partial charge is 0.481 e. The molecule has 5 heteroatoms. The van der Waals surface area contributed by atoms with Gasteiger partial charge >= 0.3 is 5.97 Å². The van der Waals surface area contributed by atoms with E-state index in [-0.39, 0.29) is 18.5 Å². The third-order valence-electron chi connectivity index (χ3n) is 2.86. The average Bonchev–Trinajstić information content (AvgIpc) is 2.35. The van der Waals surface area contributed by atoms with E-state index < -0.39 is 11.9 Å². The lowest BCUT2D eigenvalue weighted by Gasteiger charge is -2.21. The van der Waals surface area contributed by atoms with Crippen LogP contribution >= 0.6 is 0 Å². The molecule has 0 aliphatic carbocycles. The minimum Gasteiger partial charge on any atom is -0.481 e. The van der Waals surface area contributed by atoms with E-state index in [1.54, 1.807) is 24.1 Å². The van der Waals surface area contributed by atoms with Gasteiger partial charge < -0.3 is 10.4 Å². The van der Waals surface area contributed by atoms with Crippen molar-refractivity contribution in [2.45, 2.75) is 25.8 Å². The number of hydrogen-bond acceptors (Lipinski definition) is 3. The summed E-state index contributed by atoms with van der Waals surface area (Å²) in [7, 11) is 1.75. The molecule has 5 nitrogen and oxygen atoms in total. The van der Waals surface area contributed by atoms with E-state index in [2.05, 4.69) is 5.32 Å². The molecule has 1 aromatic carbocycles. The van der Waals surface area contributed by atoms with Crippen molar-refractivity contribution in [3.8, 4) is 0 Å². The molecule has 1 atom stereocenters. The molecule has 0 aliphatic heterocycles. The summed E-state index contributed by atoms with van der Waals surface area (Å²) in [6.07, 6.45) is 0. The van der Waals surface area contributed by atoms with Crippen molar-refractivity contribution in [3.63, 3.8) is 0 Å². The molecule has 0 saturated heterocycles. The molecule has 0 spiro atoms. The van der Waals surface area contributed by atoms with E-state index in [1.165, 1.54) is 0 Å². The van der Waals surface area contributed by atoms with Crippen molar-refractivity contribution in [3.05, 3.63) is 35.9 Å². The molecule has 20 heavy (non-hydrogen) atoms. The van der Waals surface area contributed by atoms with Gasteiger partial charge in [-0.3, -0.25) is 14.5 Å². The number of likely N-dealkylation sites (N-methyl/N-ethyl adjacent to an activating group) is 1. The van der Waals surface area contributed by atoms with Gasteiger partial charge in [-0.05, 0) is 26.5 Å². The number of carboxylic acid groups (broad SMARTS) is 1. The second-order valence-electron chi connectivity index (χ2n) is 5.22. The zero-order chi connectivity index (χ0) is 15.1. The molecule has 2 N–H and O–H groups in total. The number of rotatable bonds is 7. The maximum Gasteiger partial charge on any atom is 0.312 e. The summed E-state index contributed by atoms with van der Waals surface area (Å²) in [4.78, 5) is 24.7. The van der Waals surface area contributed by atoms with E-state index in [0.717, 1.165) is 5.56 Å². The predicted octanol–water partition coefficient (Wildman–Crippen LogP) is 1.31. The number of hydrogen-bond donors (Lipinski definition) is 2. The molecule has 0 fully saturated rings. The van der Waals surface area contributed by atoms with Crippen molar-refractivity contribution < 1.29 is 14.7 Å². The number of benzene rings is 1. The van der Waals surface area contributed by atoms with Gasteiger partial charge in [-0.25, -0.2) is 0 Å². The van der Waals surface area contributed by atoms with Gasteiger partial charge in [0.15, 0.2) is 0 Å². The quantitative estimate of drug-likeness (QED) is 0.789. The number of nitrogens with one attached hydrogen (secondary N) is 1. The molecule has 110 valence electrons. The molecule has 1 unspecified atom stereocenters. The number of aliphatic carboxylic acids is 1. The smallest absolute Gasteiger partial charge is 0.312 e. The number of carbonyl (C=O) groups excluding carboxylic acids is 1. The Hall–Kier alpha value is -1.88. The van der Waals surface area contributed by atoms with Crippen molar-refractivity contribution in [2.24, 2.45) is 0 Å². The number of carboxylic acids is 1. The summed E-state index contributed by atoms with van der Waals surface area (Å²) in [6.45, 7) is 4.27. The molecule has 0 radical (unpaired) electrons. The first-order valence-corrected chi connectivity index (χ1v) is 6.65. The lowest BCUT2D eigenvalue weighted by Crippen LogP contribution is -2.40. The van der Waals surface area contributed by atoms with Gasteiger partial charge in [0.05, 0.1) is 12.5 Å². The fourth-order valence-corrected chi connectivity index (χ4v) is 2.00. The van der Waals surface area contributed by atoms with E-state index in [0.29, 0.717) is 6.54 Å². The minimum absolute atomic E-state index is 0.0836. The summed E-state index contributed by atoms with van der Waals surface area (Å²) >= 11 is 0. The third-order valence-corrected chi connectivity index (χ3v) is 2.86. The van der Waals surface area contributed by atoms with Gasteiger partial charge in [-0.1, -0.05) is 30.3 Å². The van der Waals surface area contributed by atoms with Gasteiger partial charge in [0.2, 0.25) is 5.91 Å². The standard InChI is InChI=1S/C15H22N2O3/c1-11(2)16-14(18)10-17(3)9-13(15(19)20)12-7-5-4-6-8-12/h4-8,11,13H,9-10H2,1-3H3,(H,16,18)(H,19,20). The lowest BCUT2D eigenvalue weighted by molar-refractivity contribution is -0.139. The molecule has 1 aromatic rings. The van der Waals surface area contributed by atoms with Crippen LogP contribution < -0.4 is 5.32 Å². The molecule has 0 saturated carbocycles. The van der Waals surface area contributed by atoms with Gasteiger partial charge in [-0.2, -0.15) is 0 Å². The summed E-state index contributed by atoms with van der Waals surface area (Å²) in [5.41, 5.74) is 0.746. The Kier molecular flexibility index (Phi) is 6.18. The Bertz CT molecular complexity index is 446. The average molecular weight is 278 g/mol. The van der Waals surface area contributed by atoms with Crippen LogP contribution in [0.25, 0.3) is 0 Å². The molecule has 0 bridgehead atoms. The van der Waals surface area contributed by atoms with Crippen LogP contribution in [0.2, 0.25) is 0 Å². The lowest BCUT2D eigenvalue weighted by atomic mass is 9.99. The highest BCUT2D eigenvalue weighted by atomic mass is 16.4. The Morgan fingerprint density at radius 1 is 1.25 bits per heavy atom. The molecule has 1 rings (SSSR count). The Balaban J connectivity index is 2.63. The van der Waals surface area contributed by atoms with Crippen molar-refractivity contribution in [2.75, 3.05) is 20.1 Å². The SMILES string of the molecule is CC(C)NC(=O)CN(C)CC(C(=O)O)c1ccccc1. The predicted molar refractivity (Wildman–Crippen MR) is 77.6 cm³/mol. The molecule has 0 heterocycles. The van der Waals surface area contributed by atoms with Crippen LogP contribution in [-0.4, -0.2) is 48.1 Å². The zero-order valence-corrected chi connectivity index (χ0v) is 12.2. The highest BCUT2D eigenvalue weighted by Crippen LogP contribution is 2.16. The summed E-state index contributed by atoms with van der Waals surface area (Å²) in [6, 6.07) is 9.15. The topological polar surface area (TPSA) is 69.6 Å². The molecule has 0 aliphatic rings. The molecule has 1 amide bonds. The van der Waals surface area contributed by atoms with Gasteiger partial charge in [0, 0.05) is 12.6 Å². The second-order valence-corrected chi connectivity index (χ2v) is 5.22. The summed E-state index contributed by atoms with van der Waals surface area (Å²) in [5.74, 6) is -1.61. The molecular formula is C15H22N2O3. The first-order valence-electron chi connectivity index (χ1n) is 6.65. The van der Waals surface area contributed by atoms with Crippen LogP contribution in [0.5, 0.6) is 0 Å². The normalized spacial score (nSPS) is 12.4. The fraction of sp³-hybridized carbons (Fsp3) is 0.467. The van der Waals surface area contributed by atoms with Crippen LogP contribution in [0.3, 0.4) is 0 Å². The fourth-order valence-electron chi connectivity index (χ4n) is 2.00. The zero-order valence-electron chi connectivity index (χ0n) is 12.2. The molecular weight excluding hydrogens is 256 g/mol. The van der Waals surface area contributed by atoms with E-state index in [9.17, 15) is 14.7 Å². The minimum atomic E-state index is -0.882.